The molecule has 0 unspecified atom stereocenters. The lowest BCUT2D eigenvalue weighted by Gasteiger charge is -2.34. The first-order valence-corrected chi connectivity index (χ1v) is 8.27. The van der Waals surface area contributed by atoms with E-state index in [2.05, 4.69) is 23.6 Å². The molecule has 0 amide bonds. The molecule has 1 aliphatic heterocycles. The summed E-state index contributed by atoms with van der Waals surface area (Å²) >= 11 is 0. The first-order chi connectivity index (χ1) is 9.30. The number of piperazine rings is 1. The van der Waals surface area contributed by atoms with Crippen molar-refractivity contribution in [3.8, 4) is 0 Å². The van der Waals surface area contributed by atoms with Gasteiger partial charge in [-0.2, -0.15) is 0 Å². The lowest BCUT2D eigenvalue weighted by Crippen LogP contribution is -2.46. The van der Waals surface area contributed by atoms with Gasteiger partial charge in [0.25, 0.3) is 0 Å². The van der Waals surface area contributed by atoms with Gasteiger partial charge >= 0.3 is 0 Å². The fourth-order valence-corrected chi connectivity index (χ4v) is 2.85. The summed E-state index contributed by atoms with van der Waals surface area (Å²) in [5, 5.41) is 0. The molecular formula is C16H34N2O. The average Bonchev–Trinajstić information content (AvgIpc) is 2.47. The highest BCUT2D eigenvalue weighted by molar-refractivity contribution is 4.71. The van der Waals surface area contributed by atoms with Crippen LogP contribution >= 0.6 is 0 Å². The topological polar surface area (TPSA) is 15.7 Å². The first kappa shape index (κ1) is 16.9. The number of nitrogens with zero attached hydrogens (tertiary/aromatic N) is 2. The van der Waals surface area contributed by atoms with Crippen LogP contribution in [0.15, 0.2) is 0 Å². The Kier molecular flexibility index (Phi) is 9.48. The molecule has 114 valence electrons. The van der Waals surface area contributed by atoms with Crippen molar-refractivity contribution in [1.29, 1.82) is 0 Å². The van der Waals surface area contributed by atoms with Crippen molar-refractivity contribution in [2.75, 3.05) is 46.4 Å². The average molecular weight is 270 g/mol. The smallest absolute Gasteiger partial charge is 0.0571 e. The van der Waals surface area contributed by atoms with Gasteiger partial charge in [-0.1, -0.05) is 26.7 Å². The maximum atomic E-state index is 5.55. The van der Waals surface area contributed by atoms with Crippen LogP contribution in [-0.2, 0) is 4.74 Å². The summed E-state index contributed by atoms with van der Waals surface area (Å²) in [4.78, 5) is 5.17. The van der Waals surface area contributed by atoms with Crippen LogP contribution in [0.2, 0.25) is 0 Å². The second-order valence-corrected chi connectivity index (χ2v) is 5.77. The Morgan fingerprint density at radius 1 is 0.895 bits per heavy atom. The Labute approximate surface area is 120 Å². The van der Waals surface area contributed by atoms with Crippen LogP contribution in [0.25, 0.3) is 0 Å². The van der Waals surface area contributed by atoms with Crippen LogP contribution in [0.1, 0.15) is 52.4 Å². The normalized spacial score (nSPS) is 19.7. The fraction of sp³-hybridized carbons (Fsp3) is 1.00. The third kappa shape index (κ3) is 7.28. The third-order valence-corrected chi connectivity index (χ3v) is 4.38. The Balaban J connectivity index is 2.01. The molecule has 1 rings (SSSR count). The highest BCUT2D eigenvalue weighted by atomic mass is 16.5. The lowest BCUT2D eigenvalue weighted by atomic mass is 10.1. The van der Waals surface area contributed by atoms with Gasteiger partial charge in [0, 0.05) is 33.3 Å². The molecule has 0 spiro atoms. The maximum Gasteiger partial charge on any atom is 0.0571 e. The molecule has 0 aromatic heterocycles. The minimum Gasteiger partial charge on any atom is -0.381 e. The van der Waals surface area contributed by atoms with Crippen molar-refractivity contribution in [2.45, 2.75) is 58.5 Å². The van der Waals surface area contributed by atoms with Gasteiger partial charge in [-0.3, -0.25) is 0 Å². The molecule has 0 bridgehead atoms. The second-order valence-electron chi connectivity index (χ2n) is 5.77. The van der Waals surface area contributed by atoms with Crippen LogP contribution in [0.5, 0.6) is 0 Å². The summed E-state index contributed by atoms with van der Waals surface area (Å²) in [6.07, 6.45) is 8.21. The summed E-state index contributed by atoms with van der Waals surface area (Å²) in [7, 11) is 1.87. The Bertz CT molecular complexity index is 203. The van der Waals surface area contributed by atoms with E-state index in [1.807, 2.05) is 7.11 Å². The second kappa shape index (κ2) is 10.6. The van der Waals surface area contributed by atoms with Crippen molar-refractivity contribution in [2.24, 2.45) is 0 Å². The highest BCUT2D eigenvalue weighted by Crippen LogP contribution is 2.12. The molecule has 0 N–H and O–H groups in total. The summed E-state index contributed by atoms with van der Waals surface area (Å²) in [5.74, 6) is 0. The minimum absolute atomic E-state index is 0.497. The van der Waals surface area contributed by atoms with E-state index in [-0.39, 0.29) is 0 Å². The van der Waals surface area contributed by atoms with E-state index in [4.69, 9.17) is 4.74 Å². The zero-order valence-electron chi connectivity index (χ0n) is 13.4. The van der Waals surface area contributed by atoms with Crippen molar-refractivity contribution < 1.29 is 4.74 Å². The van der Waals surface area contributed by atoms with Crippen molar-refractivity contribution in [3.05, 3.63) is 0 Å². The van der Waals surface area contributed by atoms with Crippen LogP contribution in [0, 0.1) is 0 Å². The van der Waals surface area contributed by atoms with Gasteiger partial charge in [-0.15, -0.1) is 0 Å². The van der Waals surface area contributed by atoms with Crippen LogP contribution in [0.3, 0.4) is 0 Å². The van der Waals surface area contributed by atoms with Crippen LogP contribution in [-0.4, -0.2) is 62.3 Å². The van der Waals surface area contributed by atoms with E-state index in [0.29, 0.717) is 6.10 Å². The number of rotatable bonds is 10. The van der Waals surface area contributed by atoms with Gasteiger partial charge in [-0.25, -0.2) is 0 Å². The SMILES string of the molecule is CCCC[C@H](CCCCN1CCN(CC)CC1)OC. The molecule has 0 saturated carbocycles. The molecule has 1 saturated heterocycles. The zero-order chi connectivity index (χ0) is 13.9. The third-order valence-electron chi connectivity index (χ3n) is 4.38. The molecule has 0 aliphatic carbocycles. The Hall–Kier alpha value is -0.120. The molecule has 3 nitrogen and oxygen atoms in total. The molecule has 1 aliphatic rings. The van der Waals surface area contributed by atoms with Crippen molar-refractivity contribution >= 4 is 0 Å². The Morgan fingerprint density at radius 2 is 1.53 bits per heavy atom. The highest BCUT2D eigenvalue weighted by Gasteiger charge is 2.14. The molecule has 1 fully saturated rings. The van der Waals surface area contributed by atoms with Crippen molar-refractivity contribution in [3.63, 3.8) is 0 Å². The molecule has 0 aromatic carbocycles. The number of hydrogen-bond acceptors (Lipinski definition) is 3. The van der Waals surface area contributed by atoms with E-state index in [0.717, 1.165) is 0 Å². The summed E-state index contributed by atoms with van der Waals surface area (Å²) in [6.45, 7) is 12.0. The zero-order valence-corrected chi connectivity index (χ0v) is 13.4. The van der Waals surface area contributed by atoms with Gasteiger partial charge in [0.05, 0.1) is 6.10 Å². The Morgan fingerprint density at radius 3 is 2.11 bits per heavy atom. The van der Waals surface area contributed by atoms with Crippen LogP contribution < -0.4 is 0 Å². The summed E-state index contributed by atoms with van der Waals surface area (Å²) in [5.41, 5.74) is 0. The van der Waals surface area contributed by atoms with Gasteiger partial charge in [0.1, 0.15) is 0 Å². The molecule has 0 radical (unpaired) electrons. The van der Waals surface area contributed by atoms with E-state index >= 15 is 0 Å². The standard InChI is InChI=1S/C16H34N2O/c1-4-6-9-16(19-3)10-7-8-11-18-14-12-17(5-2)13-15-18/h16H,4-15H2,1-3H3/t16-/m1/s1. The maximum absolute atomic E-state index is 5.55. The summed E-state index contributed by atoms with van der Waals surface area (Å²) in [6, 6.07) is 0. The molecule has 0 aromatic rings. The van der Waals surface area contributed by atoms with Gasteiger partial charge < -0.3 is 14.5 Å². The monoisotopic (exact) mass is 270 g/mol. The fourth-order valence-electron chi connectivity index (χ4n) is 2.85. The molecule has 19 heavy (non-hydrogen) atoms. The van der Waals surface area contributed by atoms with E-state index in [1.165, 1.54) is 77.8 Å². The molecule has 1 heterocycles. The first-order valence-electron chi connectivity index (χ1n) is 8.27. The van der Waals surface area contributed by atoms with Gasteiger partial charge in [0.15, 0.2) is 0 Å². The van der Waals surface area contributed by atoms with E-state index < -0.39 is 0 Å². The van der Waals surface area contributed by atoms with E-state index in [9.17, 15) is 0 Å². The molecule has 1 atom stereocenters. The lowest BCUT2D eigenvalue weighted by molar-refractivity contribution is 0.0814. The van der Waals surface area contributed by atoms with E-state index in [1.54, 1.807) is 0 Å². The predicted octanol–water partition coefficient (Wildman–Crippen LogP) is 3.00. The van der Waals surface area contributed by atoms with Gasteiger partial charge in [-0.05, 0) is 38.8 Å². The number of methoxy groups -OCH3 is 1. The predicted molar refractivity (Wildman–Crippen MR) is 82.7 cm³/mol. The number of likely N-dealkylation sites (N-methyl/N-ethyl adjacent to an activating group) is 1. The largest absolute Gasteiger partial charge is 0.381 e. The number of unbranched alkanes of at least 4 members (excludes halogenated alkanes) is 2. The molecule has 3 heteroatoms. The quantitative estimate of drug-likeness (QED) is 0.568. The number of ether oxygens (including phenoxy) is 1. The minimum atomic E-state index is 0.497. The van der Waals surface area contributed by atoms with Crippen molar-refractivity contribution in [1.82, 2.24) is 9.80 Å². The number of hydrogen-bond donors (Lipinski definition) is 0. The molecular weight excluding hydrogens is 236 g/mol. The van der Waals surface area contributed by atoms with Gasteiger partial charge in [0.2, 0.25) is 0 Å². The van der Waals surface area contributed by atoms with Crippen LogP contribution in [0.4, 0.5) is 0 Å². The summed E-state index contributed by atoms with van der Waals surface area (Å²) < 4.78 is 5.55.